The number of thiophene rings is 1. The van der Waals surface area contributed by atoms with Crippen LogP contribution < -0.4 is 5.32 Å². The van der Waals surface area contributed by atoms with Gasteiger partial charge >= 0.3 is 5.97 Å². The van der Waals surface area contributed by atoms with E-state index in [4.69, 9.17) is 16.3 Å². The Morgan fingerprint density at radius 3 is 2.74 bits per heavy atom. The first kappa shape index (κ1) is 23.5. The third-order valence-corrected chi connectivity index (χ3v) is 10.2. The number of nitrogens with one attached hydrogen (secondary N) is 1. The van der Waals surface area contributed by atoms with Crippen molar-refractivity contribution in [1.29, 1.82) is 0 Å². The maximum atomic E-state index is 14.1. The largest absolute Gasteiger partial charge is 0.462 e. The Balaban J connectivity index is 1.32. The molecule has 2 aromatic rings. The van der Waals surface area contributed by atoms with E-state index >= 15 is 0 Å². The van der Waals surface area contributed by atoms with Crippen molar-refractivity contribution in [2.75, 3.05) is 11.9 Å². The van der Waals surface area contributed by atoms with Gasteiger partial charge in [-0.2, -0.15) is 0 Å². The van der Waals surface area contributed by atoms with Crippen LogP contribution in [0.1, 0.15) is 86.0 Å². The molecule has 0 saturated heterocycles. The number of anilines is 1. The smallest absolute Gasteiger partial charge is 0.341 e. The average Bonchev–Trinajstić information content (AvgIpc) is 3.40. The molecule has 2 heterocycles. The lowest BCUT2D eigenvalue weighted by atomic mass is 9.46. The van der Waals surface area contributed by atoms with Gasteiger partial charge in [-0.25, -0.2) is 14.5 Å². The molecule has 7 nitrogen and oxygen atoms in total. The minimum absolute atomic E-state index is 0.0541. The van der Waals surface area contributed by atoms with Crippen molar-refractivity contribution >= 4 is 39.8 Å². The van der Waals surface area contributed by atoms with Gasteiger partial charge in [0.2, 0.25) is 11.2 Å². The van der Waals surface area contributed by atoms with Crippen LogP contribution in [-0.4, -0.2) is 33.2 Å². The average molecular weight is 517 g/mol. The van der Waals surface area contributed by atoms with E-state index in [1.165, 1.54) is 11.3 Å². The maximum absolute atomic E-state index is 14.1. The first-order valence-corrected chi connectivity index (χ1v) is 14.2. The molecule has 5 aliphatic carbocycles. The third-order valence-electron chi connectivity index (χ3n) is 8.84. The summed E-state index contributed by atoms with van der Waals surface area (Å²) in [4.78, 5) is 32.6. The summed E-state index contributed by atoms with van der Waals surface area (Å²) in [7, 11) is 0. The molecule has 0 unspecified atom stereocenters. The molecule has 5 aliphatic rings. The van der Waals surface area contributed by atoms with Crippen molar-refractivity contribution in [1.82, 2.24) is 14.8 Å². The predicted octanol–water partition coefficient (Wildman–Crippen LogP) is 5.62. The van der Waals surface area contributed by atoms with E-state index in [-0.39, 0.29) is 22.7 Å². The van der Waals surface area contributed by atoms with Crippen LogP contribution in [0, 0.1) is 23.2 Å². The van der Waals surface area contributed by atoms with Crippen LogP contribution in [0.15, 0.2) is 6.33 Å². The summed E-state index contributed by atoms with van der Waals surface area (Å²) >= 11 is 7.66. The van der Waals surface area contributed by atoms with Crippen LogP contribution in [0.4, 0.5) is 5.00 Å². The number of nitrogens with zero attached hydrogens (tertiary/aromatic N) is 3. The van der Waals surface area contributed by atoms with Gasteiger partial charge < -0.3 is 10.1 Å². The fourth-order valence-corrected chi connectivity index (χ4v) is 9.30. The van der Waals surface area contributed by atoms with Gasteiger partial charge in [-0.15, -0.1) is 16.4 Å². The molecular formula is C26H33ClN4O3S. The fourth-order valence-electron chi connectivity index (χ4n) is 7.78. The number of amides is 1. The summed E-state index contributed by atoms with van der Waals surface area (Å²) in [5.41, 5.74) is 1.03. The number of halogens is 1. The first-order chi connectivity index (χ1) is 16.8. The molecule has 2 aromatic heterocycles. The molecule has 3 atom stereocenters. The summed E-state index contributed by atoms with van der Waals surface area (Å²) in [6.45, 7) is 4.64. The fraction of sp³-hybridized carbons (Fsp3) is 0.692. The van der Waals surface area contributed by atoms with Crippen molar-refractivity contribution in [3.05, 3.63) is 27.6 Å². The summed E-state index contributed by atoms with van der Waals surface area (Å²) in [5.74, 6) is 1.33. The second-order valence-electron chi connectivity index (χ2n) is 11.6. The number of carbonyl (C=O) groups excluding carboxylic acids is 2. The second-order valence-corrected chi connectivity index (χ2v) is 13.0. The van der Waals surface area contributed by atoms with Crippen molar-refractivity contribution in [2.45, 2.75) is 83.6 Å². The van der Waals surface area contributed by atoms with Crippen molar-refractivity contribution in [2.24, 2.45) is 23.2 Å². The summed E-state index contributed by atoms with van der Waals surface area (Å²) in [6, 6.07) is 0. The Morgan fingerprint density at radius 1 is 1.29 bits per heavy atom. The lowest BCUT2D eigenvalue weighted by Crippen LogP contribution is -2.60. The number of aromatic nitrogens is 3. The monoisotopic (exact) mass is 516 g/mol. The summed E-state index contributed by atoms with van der Waals surface area (Å²) in [6.07, 6.45) is 11.2. The van der Waals surface area contributed by atoms with Gasteiger partial charge in [0.05, 0.1) is 23.1 Å². The first-order valence-electron chi connectivity index (χ1n) is 13.0. The molecule has 0 aliphatic heterocycles. The van der Waals surface area contributed by atoms with Gasteiger partial charge in [-0.05, 0) is 99.1 Å². The molecule has 4 bridgehead atoms. The third kappa shape index (κ3) is 3.91. The Hall–Kier alpha value is -1.93. The van der Waals surface area contributed by atoms with E-state index < -0.39 is 5.41 Å². The molecule has 1 N–H and O–H groups in total. The van der Waals surface area contributed by atoms with E-state index in [9.17, 15) is 9.59 Å². The quantitative estimate of drug-likeness (QED) is 0.503. The zero-order chi connectivity index (χ0) is 24.4. The molecule has 0 radical (unpaired) electrons. The molecule has 9 heteroatoms. The minimum Gasteiger partial charge on any atom is -0.462 e. The molecule has 0 aromatic carbocycles. The van der Waals surface area contributed by atoms with Gasteiger partial charge in [0.1, 0.15) is 11.3 Å². The number of ether oxygens (including phenoxy) is 1. The van der Waals surface area contributed by atoms with E-state index in [0.29, 0.717) is 34.9 Å². The molecule has 4 saturated carbocycles. The number of esters is 1. The summed E-state index contributed by atoms with van der Waals surface area (Å²) < 4.78 is 7.50. The maximum Gasteiger partial charge on any atom is 0.341 e. The Labute approximate surface area is 215 Å². The van der Waals surface area contributed by atoms with Crippen LogP contribution >= 0.6 is 22.9 Å². The van der Waals surface area contributed by atoms with Gasteiger partial charge in [0, 0.05) is 4.88 Å². The van der Waals surface area contributed by atoms with E-state index in [1.54, 1.807) is 17.7 Å². The highest BCUT2D eigenvalue weighted by molar-refractivity contribution is 7.17. The second kappa shape index (κ2) is 8.58. The van der Waals surface area contributed by atoms with Crippen LogP contribution in [0.5, 0.6) is 0 Å². The van der Waals surface area contributed by atoms with Crippen molar-refractivity contribution in [3.8, 4) is 0 Å². The van der Waals surface area contributed by atoms with E-state index in [2.05, 4.69) is 22.3 Å². The topological polar surface area (TPSA) is 86.1 Å². The van der Waals surface area contributed by atoms with Gasteiger partial charge in [-0.1, -0.05) is 13.8 Å². The lowest BCUT2D eigenvalue weighted by Gasteiger charge is -2.60. The van der Waals surface area contributed by atoms with Crippen molar-refractivity contribution < 1.29 is 14.3 Å². The highest BCUT2D eigenvalue weighted by Gasteiger charge is 2.62. The number of hydrogen-bond acceptors (Lipinski definition) is 6. The summed E-state index contributed by atoms with van der Waals surface area (Å²) in [5, 5.41) is 8.69. The van der Waals surface area contributed by atoms with E-state index in [0.717, 1.165) is 63.4 Å². The van der Waals surface area contributed by atoms with Crippen LogP contribution in [0.25, 0.3) is 0 Å². The Bertz CT molecular complexity index is 1160. The number of rotatable bonds is 6. The molecular weight excluding hydrogens is 484 g/mol. The van der Waals surface area contributed by atoms with Gasteiger partial charge in [0.25, 0.3) is 0 Å². The van der Waals surface area contributed by atoms with Crippen LogP contribution in [0.2, 0.25) is 5.28 Å². The van der Waals surface area contributed by atoms with E-state index in [1.807, 2.05) is 11.6 Å². The van der Waals surface area contributed by atoms with Crippen molar-refractivity contribution in [3.63, 3.8) is 0 Å². The number of fused-ring (bicyclic) bond motifs is 1. The number of hydrogen-bond donors (Lipinski definition) is 1. The van der Waals surface area contributed by atoms with Crippen LogP contribution in [-0.2, 0) is 27.9 Å². The molecule has 4 fully saturated rings. The Morgan fingerprint density at radius 2 is 2.06 bits per heavy atom. The lowest BCUT2D eigenvalue weighted by molar-refractivity contribution is -0.150. The number of carbonyl (C=O) groups is 2. The standard InChI is InChI=1S/C26H33ClN4O3S/c1-3-6-34-22(32)20-18-5-4-15(2)7-19(18)35-21(20)29-23(33)25-9-16-8-17(10-25)12-26(11-16,13-25)31-14-28-24(27)30-31/h14-17H,3-13H2,1-2H3,(H,29,33)/t15-,16-,17-,25?,26?/m1/s1. The molecule has 1 amide bonds. The zero-order valence-corrected chi connectivity index (χ0v) is 22.0. The molecule has 7 rings (SSSR count). The normalized spacial score (nSPS) is 32.9. The highest BCUT2D eigenvalue weighted by atomic mass is 35.5. The SMILES string of the molecule is CCCOC(=O)c1c(NC(=O)C23C[C@H]4C[C@H](C2)CC(n2cnc(Cl)n2)(C4)C3)sc2c1CC[C@@H](C)C2. The molecule has 188 valence electrons. The zero-order valence-electron chi connectivity index (χ0n) is 20.4. The Kier molecular flexibility index (Phi) is 5.75. The van der Waals surface area contributed by atoms with Gasteiger partial charge in [-0.3, -0.25) is 4.79 Å². The molecule has 0 spiro atoms. The highest BCUT2D eigenvalue weighted by Crippen LogP contribution is 2.64. The van der Waals surface area contributed by atoms with Gasteiger partial charge in [0.15, 0.2) is 0 Å². The minimum atomic E-state index is -0.453. The molecule has 35 heavy (non-hydrogen) atoms. The predicted molar refractivity (Wildman–Crippen MR) is 135 cm³/mol. The van der Waals surface area contributed by atoms with Crippen LogP contribution in [0.3, 0.4) is 0 Å².